The number of hydrogen-bond donors (Lipinski definition) is 1. The Balaban J connectivity index is 1.92. The zero-order chi connectivity index (χ0) is 18.4. The van der Waals surface area contributed by atoms with Gasteiger partial charge in [0.05, 0.1) is 12.7 Å². The number of aryl methyl sites for hydroxylation is 1. The Bertz CT molecular complexity index is 688. The van der Waals surface area contributed by atoms with E-state index < -0.39 is 0 Å². The van der Waals surface area contributed by atoms with E-state index in [9.17, 15) is 9.59 Å². The predicted molar refractivity (Wildman–Crippen MR) is 101 cm³/mol. The SMILES string of the molecule is COC(=O)c1c(NC(=O)C2C(C)(C)C2(C)C)sc2c1CCCCCC2. The Kier molecular flexibility index (Phi) is 4.73. The number of methoxy groups -OCH3 is 1. The average Bonchev–Trinajstić information content (AvgIpc) is 2.76. The third-order valence-corrected chi connectivity index (χ3v) is 7.79. The van der Waals surface area contributed by atoms with E-state index in [1.807, 2.05) is 0 Å². The number of thiophene rings is 1. The molecular weight excluding hydrogens is 334 g/mol. The quantitative estimate of drug-likeness (QED) is 0.784. The summed E-state index contributed by atoms with van der Waals surface area (Å²) in [5.74, 6) is -0.341. The zero-order valence-electron chi connectivity index (χ0n) is 16.0. The van der Waals surface area contributed by atoms with Crippen LogP contribution in [0.25, 0.3) is 0 Å². The summed E-state index contributed by atoms with van der Waals surface area (Å²) in [6.45, 7) is 8.52. The molecule has 3 rings (SSSR count). The highest BCUT2D eigenvalue weighted by atomic mass is 32.1. The lowest BCUT2D eigenvalue weighted by Crippen LogP contribution is -2.19. The number of anilines is 1. The highest BCUT2D eigenvalue weighted by molar-refractivity contribution is 7.17. The van der Waals surface area contributed by atoms with E-state index in [0.717, 1.165) is 31.2 Å². The Hall–Kier alpha value is -1.36. The lowest BCUT2D eigenvalue weighted by Gasteiger charge is -2.11. The molecule has 0 aromatic carbocycles. The van der Waals surface area contributed by atoms with E-state index in [1.54, 1.807) is 11.3 Å². The fraction of sp³-hybridized carbons (Fsp3) is 0.700. The maximum Gasteiger partial charge on any atom is 0.341 e. The van der Waals surface area contributed by atoms with Gasteiger partial charge in [0, 0.05) is 10.8 Å². The van der Waals surface area contributed by atoms with Gasteiger partial charge in [-0.1, -0.05) is 40.5 Å². The first kappa shape index (κ1) is 18.4. The van der Waals surface area contributed by atoms with E-state index in [-0.39, 0.29) is 28.6 Å². The molecule has 1 aromatic rings. The van der Waals surface area contributed by atoms with Crippen LogP contribution in [-0.4, -0.2) is 19.0 Å². The molecule has 0 aliphatic heterocycles. The first-order chi connectivity index (χ1) is 11.7. The van der Waals surface area contributed by atoms with Gasteiger partial charge in [0.2, 0.25) is 5.91 Å². The summed E-state index contributed by atoms with van der Waals surface area (Å²) in [6, 6.07) is 0. The molecule has 4 nitrogen and oxygen atoms in total. The van der Waals surface area contributed by atoms with Gasteiger partial charge < -0.3 is 10.1 Å². The predicted octanol–water partition coefficient (Wildman–Crippen LogP) is 4.81. The molecule has 0 bridgehead atoms. The van der Waals surface area contributed by atoms with Crippen LogP contribution in [0.4, 0.5) is 5.00 Å². The van der Waals surface area contributed by atoms with Gasteiger partial charge in [-0.15, -0.1) is 11.3 Å². The summed E-state index contributed by atoms with van der Waals surface area (Å²) < 4.78 is 5.03. The van der Waals surface area contributed by atoms with Crippen molar-refractivity contribution >= 4 is 28.2 Å². The second kappa shape index (κ2) is 6.42. The number of carbonyl (C=O) groups excluding carboxylic acids is 2. The van der Waals surface area contributed by atoms with Crippen molar-refractivity contribution in [3.8, 4) is 0 Å². The highest BCUT2D eigenvalue weighted by Gasteiger charge is 2.68. The van der Waals surface area contributed by atoms with E-state index in [2.05, 4.69) is 33.0 Å². The van der Waals surface area contributed by atoms with Gasteiger partial charge in [0.1, 0.15) is 5.00 Å². The van der Waals surface area contributed by atoms with Gasteiger partial charge in [-0.3, -0.25) is 4.79 Å². The van der Waals surface area contributed by atoms with Crippen LogP contribution < -0.4 is 5.32 Å². The molecule has 2 aliphatic carbocycles. The molecule has 1 fully saturated rings. The first-order valence-corrected chi connectivity index (χ1v) is 10.1. The highest BCUT2D eigenvalue weighted by Crippen LogP contribution is 2.68. The smallest absolute Gasteiger partial charge is 0.341 e. The number of rotatable bonds is 3. The fourth-order valence-corrected chi connectivity index (χ4v) is 5.64. The van der Waals surface area contributed by atoms with Crippen LogP contribution in [0.3, 0.4) is 0 Å². The van der Waals surface area contributed by atoms with E-state index >= 15 is 0 Å². The van der Waals surface area contributed by atoms with Gasteiger partial charge in [-0.2, -0.15) is 0 Å². The van der Waals surface area contributed by atoms with Crippen LogP contribution in [0.5, 0.6) is 0 Å². The number of amides is 1. The van der Waals surface area contributed by atoms with Crippen LogP contribution in [0.2, 0.25) is 0 Å². The Morgan fingerprint density at radius 1 is 1.04 bits per heavy atom. The minimum Gasteiger partial charge on any atom is -0.465 e. The third kappa shape index (κ3) is 3.01. The molecule has 0 radical (unpaired) electrons. The second-order valence-corrected chi connectivity index (χ2v) is 9.58. The van der Waals surface area contributed by atoms with Crippen molar-refractivity contribution < 1.29 is 14.3 Å². The molecule has 1 saturated carbocycles. The van der Waals surface area contributed by atoms with Crippen LogP contribution in [-0.2, 0) is 22.4 Å². The van der Waals surface area contributed by atoms with Crippen molar-refractivity contribution in [2.45, 2.75) is 66.2 Å². The number of nitrogens with one attached hydrogen (secondary N) is 1. The van der Waals surface area contributed by atoms with E-state index in [4.69, 9.17) is 4.74 Å². The van der Waals surface area contributed by atoms with Crippen molar-refractivity contribution in [2.24, 2.45) is 16.7 Å². The van der Waals surface area contributed by atoms with Crippen molar-refractivity contribution in [3.05, 3.63) is 16.0 Å². The Labute approximate surface area is 154 Å². The molecule has 1 N–H and O–H groups in total. The molecule has 1 heterocycles. The lowest BCUT2D eigenvalue weighted by molar-refractivity contribution is -0.118. The monoisotopic (exact) mass is 363 g/mol. The number of fused-ring (bicyclic) bond motifs is 1. The zero-order valence-corrected chi connectivity index (χ0v) is 16.8. The normalized spacial score (nSPS) is 21.6. The Morgan fingerprint density at radius 3 is 2.20 bits per heavy atom. The van der Waals surface area contributed by atoms with Gasteiger partial charge >= 0.3 is 5.97 Å². The molecule has 1 aromatic heterocycles. The number of carbonyl (C=O) groups is 2. The molecule has 0 spiro atoms. The second-order valence-electron chi connectivity index (χ2n) is 8.48. The summed E-state index contributed by atoms with van der Waals surface area (Å²) in [5.41, 5.74) is 1.65. The minimum atomic E-state index is -0.331. The maximum atomic E-state index is 12.9. The Morgan fingerprint density at radius 2 is 1.64 bits per heavy atom. The summed E-state index contributed by atoms with van der Waals surface area (Å²) >= 11 is 1.57. The van der Waals surface area contributed by atoms with Gasteiger partial charge in [0.15, 0.2) is 0 Å². The van der Waals surface area contributed by atoms with Crippen LogP contribution in [0.1, 0.15) is 74.2 Å². The molecule has 5 heteroatoms. The number of ether oxygens (including phenoxy) is 1. The largest absolute Gasteiger partial charge is 0.465 e. The molecular formula is C20H29NO3S. The average molecular weight is 364 g/mol. The standard InChI is InChI=1S/C20H29NO3S/c1-19(2)15(20(19,3)4)16(22)21-17-14(18(23)24-5)12-10-8-6-7-9-11-13(12)25-17/h15H,6-11H2,1-5H3,(H,21,22). The topological polar surface area (TPSA) is 55.4 Å². The summed E-state index contributed by atoms with van der Waals surface area (Å²) in [5, 5.41) is 3.76. The molecule has 0 atom stereocenters. The lowest BCUT2D eigenvalue weighted by atomic mass is 9.96. The van der Waals surface area contributed by atoms with Gasteiger partial charge in [-0.25, -0.2) is 4.79 Å². The molecule has 2 aliphatic rings. The van der Waals surface area contributed by atoms with Crippen LogP contribution in [0, 0.1) is 16.7 Å². The van der Waals surface area contributed by atoms with Crippen molar-refractivity contribution in [3.63, 3.8) is 0 Å². The van der Waals surface area contributed by atoms with Gasteiger partial charge in [-0.05, 0) is 42.1 Å². The first-order valence-electron chi connectivity index (χ1n) is 9.25. The van der Waals surface area contributed by atoms with E-state index in [1.165, 1.54) is 24.8 Å². The summed E-state index contributed by atoms with van der Waals surface area (Å²) in [7, 11) is 1.41. The number of hydrogen-bond acceptors (Lipinski definition) is 4. The summed E-state index contributed by atoms with van der Waals surface area (Å²) in [4.78, 5) is 26.5. The van der Waals surface area contributed by atoms with E-state index in [0.29, 0.717) is 10.6 Å². The molecule has 25 heavy (non-hydrogen) atoms. The van der Waals surface area contributed by atoms with Crippen LogP contribution >= 0.6 is 11.3 Å². The molecule has 138 valence electrons. The van der Waals surface area contributed by atoms with Gasteiger partial charge in [0.25, 0.3) is 0 Å². The molecule has 0 unspecified atom stereocenters. The third-order valence-electron chi connectivity index (χ3n) is 6.58. The minimum absolute atomic E-state index is 0.0195. The molecule has 0 saturated heterocycles. The maximum absolute atomic E-state index is 12.9. The molecule has 1 amide bonds. The van der Waals surface area contributed by atoms with Crippen molar-refractivity contribution in [1.29, 1.82) is 0 Å². The van der Waals surface area contributed by atoms with Crippen molar-refractivity contribution in [1.82, 2.24) is 0 Å². The number of esters is 1. The van der Waals surface area contributed by atoms with Crippen molar-refractivity contribution in [2.75, 3.05) is 12.4 Å². The van der Waals surface area contributed by atoms with Crippen LogP contribution in [0.15, 0.2) is 0 Å². The fourth-order valence-electron chi connectivity index (χ4n) is 4.36. The summed E-state index contributed by atoms with van der Waals surface area (Å²) in [6.07, 6.45) is 6.54.